The van der Waals surface area contributed by atoms with Crippen LogP contribution >= 0.6 is 11.3 Å². The molecule has 8 heteroatoms. The molecule has 122 valence electrons. The molecule has 0 radical (unpaired) electrons. The van der Waals surface area contributed by atoms with Crippen LogP contribution in [0.2, 0.25) is 0 Å². The fourth-order valence-corrected chi connectivity index (χ4v) is 3.44. The van der Waals surface area contributed by atoms with E-state index in [1.165, 1.54) is 17.6 Å². The minimum Gasteiger partial charge on any atom is -0.465 e. The summed E-state index contributed by atoms with van der Waals surface area (Å²) >= 11 is 1.43. The van der Waals surface area contributed by atoms with Crippen molar-refractivity contribution in [1.29, 1.82) is 0 Å². The molecule has 2 aromatic rings. The summed E-state index contributed by atoms with van der Waals surface area (Å²) in [4.78, 5) is 31.1. The highest BCUT2D eigenvalue weighted by Gasteiger charge is 2.23. The Bertz CT molecular complexity index is 696. The Labute approximate surface area is 137 Å². The maximum absolute atomic E-state index is 12.0. The molecule has 1 N–H and O–H groups in total. The molecule has 0 aliphatic carbocycles. The molecule has 0 bridgehead atoms. The summed E-state index contributed by atoms with van der Waals surface area (Å²) in [6, 6.07) is 3.26. The number of carbonyl (C=O) groups is 2. The van der Waals surface area contributed by atoms with Crippen LogP contribution in [0.3, 0.4) is 0 Å². The molecule has 0 spiro atoms. The summed E-state index contributed by atoms with van der Waals surface area (Å²) in [5.41, 5.74) is 0.977. The minimum atomic E-state index is -0.315. The zero-order chi connectivity index (χ0) is 16.2. The predicted molar refractivity (Wildman–Crippen MR) is 84.4 cm³/mol. The van der Waals surface area contributed by atoms with Crippen LogP contribution < -0.4 is 5.32 Å². The van der Waals surface area contributed by atoms with Crippen molar-refractivity contribution in [3.05, 3.63) is 34.7 Å². The Kier molecular flexibility index (Phi) is 4.73. The first kappa shape index (κ1) is 15.7. The number of nitrogens with one attached hydrogen (secondary N) is 1. The second-order valence-corrected chi connectivity index (χ2v) is 6.17. The standard InChI is InChI=1S/C15H17N3O4S/c1-2-21-13(19)9-18-6-5-10-12(8-18)23-15(16-10)17-14(20)11-4-3-7-22-11/h3-4,7H,2,5-6,8-9H2,1H3,(H,16,17,20). The van der Waals surface area contributed by atoms with Gasteiger partial charge in [0.15, 0.2) is 10.9 Å². The number of carbonyl (C=O) groups excluding carboxylic acids is 2. The molecule has 0 saturated carbocycles. The number of aromatic nitrogens is 1. The Morgan fingerprint density at radius 2 is 2.39 bits per heavy atom. The molecule has 23 heavy (non-hydrogen) atoms. The van der Waals surface area contributed by atoms with E-state index in [-0.39, 0.29) is 24.2 Å². The van der Waals surface area contributed by atoms with E-state index >= 15 is 0 Å². The van der Waals surface area contributed by atoms with Gasteiger partial charge in [-0.2, -0.15) is 0 Å². The molecule has 0 saturated heterocycles. The summed E-state index contributed by atoms with van der Waals surface area (Å²) < 4.78 is 10.0. The number of anilines is 1. The van der Waals surface area contributed by atoms with Gasteiger partial charge in [0.1, 0.15) is 0 Å². The summed E-state index contributed by atoms with van der Waals surface area (Å²) in [5.74, 6) is -0.279. The maximum atomic E-state index is 12.0. The number of esters is 1. The van der Waals surface area contributed by atoms with E-state index in [9.17, 15) is 9.59 Å². The molecule has 0 fully saturated rings. The Hall–Kier alpha value is -2.19. The first-order chi connectivity index (χ1) is 11.2. The van der Waals surface area contributed by atoms with Gasteiger partial charge in [-0.15, -0.1) is 11.3 Å². The average Bonchev–Trinajstić information content (AvgIpc) is 3.15. The fourth-order valence-electron chi connectivity index (χ4n) is 2.39. The molecule has 3 rings (SSSR count). The second kappa shape index (κ2) is 6.93. The van der Waals surface area contributed by atoms with Crippen LogP contribution in [0.1, 0.15) is 28.0 Å². The van der Waals surface area contributed by atoms with E-state index in [4.69, 9.17) is 9.15 Å². The van der Waals surface area contributed by atoms with Crippen LogP contribution in [-0.2, 0) is 22.5 Å². The number of fused-ring (bicyclic) bond motifs is 1. The van der Waals surface area contributed by atoms with Crippen molar-refractivity contribution in [3.63, 3.8) is 0 Å². The Morgan fingerprint density at radius 3 is 3.13 bits per heavy atom. The van der Waals surface area contributed by atoms with Gasteiger partial charge in [-0.25, -0.2) is 4.98 Å². The van der Waals surface area contributed by atoms with E-state index in [0.717, 1.165) is 23.5 Å². The highest BCUT2D eigenvalue weighted by molar-refractivity contribution is 7.15. The van der Waals surface area contributed by atoms with Gasteiger partial charge >= 0.3 is 5.97 Å². The van der Waals surface area contributed by atoms with Crippen molar-refractivity contribution < 1.29 is 18.7 Å². The van der Waals surface area contributed by atoms with Gasteiger partial charge in [0.25, 0.3) is 5.91 Å². The van der Waals surface area contributed by atoms with E-state index in [1.54, 1.807) is 19.1 Å². The summed E-state index contributed by atoms with van der Waals surface area (Å²) in [6.07, 6.45) is 2.21. The van der Waals surface area contributed by atoms with Crippen LogP contribution in [0.15, 0.2) is 22.8 Å². The lowest BCUT2D eigenvalue weighted by atomic mass is 10.2. The second-order valence-electron chi connectivity index (χ2n) is 5.09. The van der Waals surface area contributed by atoms with E-state index in [0.29, 0.717) is 18.3 Å². The normalized spacial score (nSPS) is 14.3. The SMILES string of the molecule is CCOC(=O)CN1CCc2nc(NC(=O)c3ccco3)sc2C1. The van der Waals surface area contributed by atoms with Crippen molar-refractivity contribution in [2.24, 2.45) is 0 Å². The number of rotatable bonds is 5. The molecule has 1 aliphatic rings. The molecule has 0 unspecified atom stereocenters. The van der Waals surface area contributed by atoms with Crippen LogP contribution in [0.4, 0.5) is 5.13 Å². The number of thiazole rings is 1. The average molecular weight is 335 g/mol. The minimum absolute atomic E-state index is 0.216. The maximum Gasteiger partial charge on any atom is 0.320 e. The van der Waals surface area contributed by atoms with Gasteiger partial charge in [0.05, 0.1) is 25.1 Å². The molecule has 2 aromatic heterocycles. The lowest BCUT2D eigenvalue weighted by Crippen LogP contribution is -2.35. The molecule has 0 atom stereocenters. The van der Waals surface area contributed by atoms with Gasteiger partial charge < -0.3 is 9.15 Å². The quantitative estimate of drug-likeness (QED) is 0.840. The fraction of sp³-hybridized carbons (Fsp3) is 0.400. The molecule has 3 heterocycles. The monoisotopic (exact) mass is 335 g/mol. The lowest BCUT2D eigenvalue weighted by molar-refractivity contribution is -0.144. The van der Waals surface area contributed by atoms with E-state index in [1.807, 2.05) is 4.90 Å². The van der Waals surface area contributed by atoms with Crippen LogP contribution in [0, 0.1) is 0 Å². The molecular weight excluding hydrogens is 318 g/mol. The van der Waals surface area contributed by atoms with Gasteiger partial charge in [-0.1, -0.05) is 0 Å². The van der Waals surface area contributed by atoms with Crippen molar-refractivity contribution in [3.8, 4) is 0 Å². The van der Waals surface area contributed by atoms with Crippen molar-refractivity contribution in [2.45, 2.75) is 19.9 Å². The zero-order valence-electron chi connectivity index (χ0n) is 12.7. The van der Waals surface area contributed by atoms with Gasteiger partial charge in [-0.05, 0) is 19.1 Å². The van der Waals surface area contributed by atoms with Crippen LogP contribution in [0.5, 0.6) is 0 Å². The number of furan rings is 1. The van der Waals surface area contributed by atoms with Crippen molar-refractivity contribution >= 4 is 28.3 Å². The number of hydrogen-bond donors (Lipinski definition) is 1. The number of nitrogens with zero attached hydrogens (tertiary/aromatic N) is 2. The third kappa shape index (κ3) is 3.77. The summed E-state index contributed by atoms with van der Waals surface area (Å²) in [6.45, 7) is 3.85. The highest BCUT2D eigenvalue weighted by atomic mass is 32.1. The van der Waals surface area contributed by atoms with Gasteiger partial charge in [0.2, 0.25) is 0 Å². The van der Waals surface area contributed by atoms with Crippen molar-refractivity contribution in [2.75, 3.05) is 25.0 Å². The topological polar surface area (TPSA) is 84.7 Å². The number of amides is 1. The summed E-state index contributed by atoms with van der Waals surface area (Å²) in [5, 5.41) is 3.29. The Balaban J connectivity index is 1.62. The zero-order valence-corrected chi connectivity index (χ0v) is 13.5. The number of hydrogen-bond acceptors (Lipinski definition) is 7. The van der Waals surface area contributed by atoms with Gasteiger partial charge in [-0.3, -0.25) is 19.8 Å². The lowest BCUT2D eigenvalue weighted by Gasteiger charge is -2.24. The molecule has 1 amide bonds. The first-order valence-corrected chi connectivity index (χ1v) is 8.18. The van der Waals surface area contributed by atoms with E-state index < -0.39 is 0 Å². The predicted octanol–water partition coefficient (Wildman–Crippen LogP) is 1.91. The number of ether oxygens (including phenoxy) is 1. The van der Waals surface area contributed by atoms with Gasteiger partial charge in [0, 0.05) is 24.4 Å². The van der Waals surface area contributed by atoms with Crippen LogP contribution in [0.25, 0.3) is 0 Å². The largest absolute Gasteiger partial charge is 0.465 e. The first-order valence-electron chi connectivity index (χ1n) is 7.37. The molecule has 1 aliphatic heterocycles. The third-order valence-corrected chi connectivity index (χ3v) is 4.43. The smallest absolute Gasteiger partial charge is 0.320 e. The molecule has 0 aromatic carbocycles. The van der Waals surface area contributed by atoms with Crippen molar-refractivity contribution in [1.82, 2.24) is 9.88 Å². The Morgan fingerprint density at radius 1 is 1.52 bits per heavy atom. The van der Waals surface area contributed by atoms with E-state index in [2.05, 4.69) is 10.3 Å². The highest BCUT2D eigenvalue weighted by Crippen LogP contribution is 2.28. The third-order valence-electron chi connectivity index (χ3n) is 3.43. The van der Waals surface area contributed by atoms with Crippen LogP contribution in [-0.4, -0.2) is 41.5 Å². The molecular formula is C15H17N3O4S. The summed E-state index contributed by atoms with van der Waals surface area (Å²) in [7, 11) is 0. The molecule has 7 nitrogen and oxygen atoms in total.